The maximum Gasteiger partial charge on any atom is 0.294 e. The topological polar surface area (TPSA) is 244 Å². The van der Waals surface area contributed by atoms with Gasteiger partial charge in [-0.25, -0.2) is 0 Å². The molecule has 0 saturated heterocycles. The predicted octanol–water partition coefficient (Wildman–Crippen LogP) is -0.943. The molecule has 0 fully saturated rings. The molecule has 0 aromatic heterocycles. The van der Waals surface area contributed by atoms with Gasteiger partial charge in [-0.05, 0) is 24.3 Å². The molecule has 18 heteroatoms. The first-order valence-corrected chi connectivity index (χ1v) is 6.99. The van der Waals surface area contributed by atoms with Gasteiger partial charge in [-0.15, -0.1) is 40.5 Å². The van der Waals surface area contributed by atoms with Gasteiger partial charge in [0, 0.05) is 0 Å². The lowest BCUT2D eigenvalue weighted by molar-refractivity contribution is -0.792. The summed E-state index contributed by atoms with van der Waals surface area (Å²) in [7, 11) is 0. The Morgan fingerprint density at radius 1 is 0.586 bits per heavy atom. The molecule has 0 aromatic carbocycles. The summed E-state index contributed by atoms with van der Waals surface area (Å²) in [6.45, 7) is -4.13. The van der Waals surface area contributed by atoms with Crippen molar-refractivity contribution in [1.82, 2.24) is 0 Å². The van der Waals surface area contributed by atoms with E-state index in [1.807, 2.05) is 0 Å². The third kappa shape index (κ3) is 12.6. The zero-order chi connectivity index (χ0) is 22.4. The van der Waals surface area contributed by atoms with E-state index in [1.165, 1.54) is 24.3 Å². The second-order valence-electron chi connectivity index (χ2n) is 4.96. The van der Waals surface area contributed by atoms with E-state index in [1.54, 1.807) is 0 Å². The fraction of sp³-hybridized carbons (Fsp3) is 0.455. The summed E-state index contributed by atoms with van der Waals surface area (Å²) < 4.78 is 0. The highest BCUT2D eigenvalue weighted by Gasteiger charge is 2.37. The van der Waals surface area contributed by atoms with Crippen LogP contribution in [-0.4, -0.2) is 58.3 Å². The van der Waals surface area contributed by atoms with Gasteiger partial charge in [0.1, 0.15) is 26.4 Å². The van der Waals surface area contributed by atoms with E-state index in [4.69, 9.17) is 0 Å². The van der Waals surface area contributed by atoms with Crippen LogP contribution >= 0.6 is 0 Å². The molecule has 0 spiro atoms. The molecule has 0 aliphatic heterocycles. The van der Waals surface area contributed by atoms with Gasteiger partial charge in [0.05, 0.1) is 5.41 Å². The van der Waals surface area contributed by atoms with Crippen LogP contribution in [0.4, 0.5) is 0 Å². The van der Waals surface area contributed by atoms with E-state index in [9.17, 15) is 50.0 Å². The third-order valence-corrected chi connectivity index (χ3v) is 2.73. The fourth-order valence-corrected chi connectivity index (χ4v) is 1.45. The molecule has 0 heterocycles. The highest BCUT2D eigenvalue weighted by molar-refractivity contribution is 6.14. The molecule has 0 radical (unpaired) electrons. The van der Waals surface area contributed by atoms with Crippen LogP contribution < -0.4 is 0 Å². The Morgan fingerprint density at radius 2 is 0.793 bits per heavy atom. The number of rotatable bonds is 12. The first kappa shape index (κ1) is 24.6. The van der Waals surface area contributed by atoms with Crippen molar-refractivity contribution in [3.05, 3.63) is 64.8 Å². The van der Waals surface area contributed by atoms with Gasteiger partial charge in [0.25, 0.3) is 20.3 Å². The second-order valence-corrected chi connectivity index (χ2v) is 4.96. The van der Waals surface area contributed by atoms with Crippen molar-refractivity contribution in [2.24, 2.45) is 5.41 Å². The SMILES string of the molecule is O=C1C=CC(=O)C=C1.O=[N+]([O-])OCC(CO[N+](=O)[O-])(CO[N+](=O)[O-])CO[N+](=O)[O-]. The molecule has 18 nitrogen and oxygen atoms in total. The molecule has 1 rings (SSSR count). The summed E-state index contributed by atoms with van der Waals surface area (Å²) in [5, 5.41) is 35.3. The first-order chi connectivity index (χ1) is 13.5. The monoisotopic (exact) mass is 424 g/mol. The minimum atomic E-state index is -2.03. The van der Waals surface area contributed by atoms with Crippen LogP contribution in [0.1, 0.15) is 0 Å². The summed E-state index contributed by atoms with van der Waals surface area (Å²) in [6.07, 6.45) is 5.01. The molecule has 0 aromatic rings. The first-order valence-electron chi connectivity index (χ1n) is 6.99. The quantitative estimate of drug-likeness (QED) is 0.208. The van der Waals surface area contributed by atoms with E-state index < -0.39 is 52.2 Å². The molecule has 0 N–H and O–H groups in total. The smallest absolute Gasteiger partial charge is 0.294 e. The zero-order valence-corrected chi connectivity index (χ0v) is 14.1. The second kappa shape index (κ2) is 12.1. The van der Waals surface area contributed by atoms with Crippen molar-refractivity contribution in [1.29, 1.82) is 0 Å². The highest BCUT2D eigenvalue weighted by atomic mass is 17.0. The van der Waals surface area contributed by atoms with Gasteiger partial charge < -0.3 is 19.4 Å². The number of carbonyl (C=O) groups is 2. The van der Waals surface area contributed by atoms with Gasteiger partial charge in [0.2, 0.25) is 0 Å². The summed E-state index contributed by atoms with van der Waals surface area (Å²) in [4.78, 5) is 76.7. The van der Waals surface area contributed by atoms with E-state index >= 15 is 0 Å². The third-order valence-electron chi connectivity index (χ3n) is 2.73. The standard InChI is InChI=1S/C6H4O2.C5H8N4O12/c7-5-1-2-6(8)4-3-5;10-6(11)18-1-5(2-19-7(12)13,3-20-8(14)15)4-21-9(16)17/h1-4H;1-4H2. The minimum absolute atomic E-state index is 0.121. The number of carbonyl (C=O) groups excluding carboxylic acids is 2. The van der Waals surface area contributed by atoms with Crippen molar-refractivity contribution in [2.45, 2.75) is 0 Å². The number of ketones is 2. The molecule has 0 unspecified atom stereocenters. The minimum Gasteiger partial charge on any atom is -0.313 e. The Bertz CT molecular complexity index is 601. The van der Waals surface area contributed by atoms with Gasteiger partial charge in [0.15, 0.2) is 11.6 Å². The Labute approximate surface area is 158 Å². The van der Waals surface area contributed by atoms with Crippen molar-refractivity contribution in [2.75, 3.05) is 26.4 Å². The Kier molecular flexibility index (Phi) is 10.3. The molecule has 0 saturated carbocycles. The molecule has 0 bridgehead atoms. The molecule has 0 atom stereocenters. The van der Waals surface area contributed by atoms with Crippen LogP contribution in [0, 0.1) is 45.9 Å². The molecule has 1 aliphatic carbocycles. The lowest BCUT2D eigenvalue weighted by Gasteiger charge is -2.28. The van der Waals surface area contributed by atoms with Crippen LogP contribution in [0.3, 0.4) is 0 Å². The lowest BCUT2D eigenvalue weighted by atomic mass is 9.92. The summed E-state index contributed by atoms with van der Waals surface area (Å²) >= 11 is 0. The summed E-state index contributed by atoms with van der Waals surface area (Å²) in [5.41, 5.74) is -2.03. The van der Waals surface area contributed by atoms with Crippen LogP contribution in [0.5, 0.6) is 0 Å². The molecule has 160 valence electrons. The summed E-state index contributed by atoms with van der Waals surface area (Å²) in [6, 6.07) is 0. The van der Waals surface area contributed by atoms with Crippen LogP contribution in [0.15, 0.2) is 24.3 Å². The predicted molar refractivity (Wildman–Crippen MR) is 82.5 cm³/mol. The molecule has 29 heavy (non-hydrogen) atoms. The molecular formula is C11H12N4O14. The van der Waals surface area contributed by atoms with Gasteiger partial charge >= 0.3 is 0 Å². The molecular weight excluding hydrogens is 412 g/mol. The molecule has 0 amide bonds. The van der Waals surface area contributed by atoms with E-state index in [2.05, 4.69) is 19.4 Å². The lowest BCUT2D eigenvalue weighted by Crippen LogP contribution is -2.43. The van der Waals surface area contributed by atoms with E-state index in [-0.39, 0.29) is 11.6 Å². The van der Waals surface area contributed by atoms with Gasteiger partial charge in [-0.3, -0.25) is 9.59 Å². The summed E-state index contributed by atoms with van der Waals surface area (Å²) in [5.74, 6) is -0.241. The van der Waals surface area contributed by atoms with Crippen molar-refractivity contribution < 1.29 is 49.3 Å². The fourth-order valence-electron chi connectivity index (χ4n) is 1.45. The number of allylic oxidation sites excluding steroid dienone is 4. The maximum atomic E-state index is 10.3. The van der Waals surface area contributed by atoms with Crippen molar-refractivity contribution in [3.63, 3.8) is 0 Å². The number of hydrogen-bond donors (Lipinski definition) is 0. The normalized spacial score (nSPS) is 12.3. The Balaban J connectivity index is 0.000000807. The average Bonchev–Trinajstić information content (AvgIpc) is 2.63. The van der Waals surface area contributed by atoms with Crippen LogP contribution in [0.25, 0.3) is 0 Å². The zero-order valence-electron chi connectivity index (χ0n) is 14.1. The van der Waals surface area contributed by atoms with Gasteiger partial charge in [-0.2, -0.15) is 0 Å². The Hall–Kier alpha value is -4.38. The Morgan fingerprint density at radius 3 is 0.966 bits per heavy atom. The van der Waals surface area contributed by atoms with Crippen molar-refractivity contribution >= 4 is 11.6 Å². The van der Waals surface area contributed by atoms with Crippen LogP contribution in [0.2, 0.25) is 0 Å². The van der Waals surface area contributed by atoms with E-state index in [0.29, 0.717) is 0 Å². The number of nitrogens with zero attached hydrogens (tertiary/aromatic N) is 4. The van der Waals surface area contributed by atoms with Crippen LogP contribution in [-0.2, 0) is 28.9 Å². The highest BCUT2D eigenvalue weighted by Crippen LogP contribution is 2.21. The maximum absolute atomic E-state index is 10.3. The van der Waals surface area contributed by atoms with E-state index in [0.717, 1.165) is 0 Å². The van der Waals surface area contributed by atoms with Gasteiger partial charge in [-0.1, -0.05) is 0 Å². The molecule has 1 aliphatic rings. The average molecular weight is 424 g/mol. The largest absolute Gasteiger partial charge is 0.313 e. The number of hydrogen-bond acceptors (Lipinski definition) is 14. The van der Waals surface area contributed by atoms with Crippen molar-refractivity contribution in [3.8, 4) is 0 Å².